The van der Waals surface area contributed by atoms with Crippen molar-refractivity contribution < 1.29 is 9.53 Å². The molecule has 0 aromatic carbocycles. The fourth-order valence-corrected chi connectivity index (χ4v) is 1.20. The van der Waals surface area contributed by atoms with Crippen LogP contribution in [0.1, 0.15) is 18.1 Å². The Morgan fingerprint density at radius 1 is 1.67 bits per heavy atom. The van der Waals surface area contributed by atoms with Crippen molar-refractivity contribution in [1.29, 1.82) is 0 Å². The van der Waals surface area contributed by atoms with E-state index in [1.165, 1.54) is 6.92 Å². The highest BCUT2D eigenvalue weighted by molar-refractivity contribution is 6.30. The number of carbonyl (C=O) groups excluding carboxylic acids is 1. The number of esters is 1. The molecule has 0 N–H and O–H groups in total. The maximum atomic E-state index is 10.5. The highest BCUT2D eigenvalue weighted by atomic mass is 35.5. The van der Waals surface area contributed by atoms with Crippen molar-refractivity contribution in [2.24, 2.45) is 0 Å². The SMILES string of the molecule is CC(=O)OC/C=C\c1cc(C)cnc1Cl. The number of halogens is 1. The molecule has 0 fully saturated rings. The van der Waals surface area contributed by atoms with E-state index in [4.69, 9.17) is 16.3 Å². The molecule has 3 nitrogen and oxygen atoms in total. The molecular weight excluding hydrogens is 214 g/mol. The van der Waals surface area contributed by atoms with Crippen molar-refractivity contribution in [3.05, 3.63) is 34.6 Å². The Balaban J connectivity index is 2.63. The number of rotatable bonds is 3. The van der Waals surface area contributed by atoms with Gasteiger partial charge in [-0.1, -0.05) is 17.7 Å². The number of pyridine rings is 1. The van der Waals surface area contributed by atoms with E-state index in [0.29, 0.717) is 5.15 Å². The van der Waals surface area contributed by atoms with Crippen molar-refractivity contribution in [2.45, 2.75) is 13.8 Å². The highest BCUT2D eigenvalue weighted by Crippen LogP contribution is 2.15. The van der Waals surface area contributed by atoms with Crippen LogP contribution in [0, 0.1) is 6.92 Å². The molecule has 0 aliphatic rings. The molecule has 1 aromatic rings. The predicted octanol–water partition coefficient (Wildman–Crippen LogP) is 2.62. The normalized spacial score (nSPS) is 10.6. The van der Waals surface area contributed by atoms with Crippen molar-refractivity contribution in [2.75, 3.05) is 6.61 Å². The zero-order chi connectivity index (χ0) is 11.3. The van der Waals surface area contributed by atoms with Crippen LogP contribution in [0.25, 0.3) is 6.08 Å². The zero-order valence-corrected chi connectivity index (χ0v) is 9.41. The molecule has 0 saturated heterocycles. The molecule has 0 unspecified atom stereocenters. The number of carbonyl (C=O) groups is 1. The van der Waals surface area contributed by atoms with Gasteiger partial charge >= 0.3 is 5.97 Å². The first-order chi connectivity index (χ1) is 7.09. The van der Waals surface area contributed by atoms with Gasteiger partial charge in [-0.2, -0.15) is 0 Å². The molecule has 0 amide bonds. The van der Waals surface area contributed by atoms with Crippen molar-refractivity contribution in [1.82, 2.24) is 4.98 Å². The summed E-state index contributed by atoms with van der Waals surface area (Å²) in [6, 6.07) is 1.92. The summed E-state index contributed by atoms with van der Waals surface area (Å²) in [6.45, 7) is 3.56. The average Bonchev–Trinajstić information content (AvgIpc) is 2.17. The van der Waals surface area contributed by atoms with Gasteiger partial charge in [0.25, 0.3) is 0 Å². The van der Waals surface area contributed by atoms with Crippen molar-refractivity contribution >= 4 is 23.6 Å². The first-order valence-corrected chi connectivity index (χ1v) is 4.89. The van der Waals surface area contributed by atoms with Crippen LogP contribution in [-0.2, 0) is 9.53 Å². The Bertz CT molecular complexity index is 388. The Morgan fingerprint density at radius 2 is 2.40 bits per heavy atom. The van der Waals surface area contributed by atoms with Crippen LogP contribution >= 0.6 is 11.6 Å². The van der Waals surface area contributed by atoms with Gasteiger partial charge in [0, 0.05) is 18.7 Å². The number of aryl methyl sites for hydroxylation is 1. The van der Waals surface area contributed by atoms with Gasteiger partial charge in [-0.3, -0.25) is 4.79 Å². The third-order valence-electron chi connectivity index (χ3n) is 1.68. The molecule has 0 atom stereocenters. The third kappa shape index (κ3) is 4.13. The fourth-order valence-electron chi connectivity index (χ4n) is 1.03. The number of hydrogen-bond donors (Lipinski definition) is 0. The van der Waals surface area contributed by atoms with E-state index in [0.717, 1.165) is 11.1 Å². The van der Waals surface area contributed by atoms with Gasteiger partial charge in [0.15, 0.2) is 0 Å². The van der Waals surface area contributed by atoms with Gasteiger partial charge in [-0.25, -0.2) is 4.98 Å². The highest BCUT2D eigenvalue weighted by Gasteiger charge is 1.97. The van der Waals surface area contributed by atoms with Gasteiger partial charge in [0.05, 0.1) is 0 Å². The van der Waals surface area contributed by atoms with E-state index in [2.05, 4.69) is 4.98 Å². The summed E-state index contributed by atoms with van der Waals surface area (Å²) in [5, 5.41) is 0.444. The van der Waals surface area contributed by atoms with Crippen LogP contribution in [0.5, 0.6) is 0 Å². The summed E-state index contributed by atoms with van der Waals surface area (Å²) < 4.78 is 4.74. The zero-order valence-electron chi connectivity index (χ0n) is 8.66. The number of nitrogens with zero attached hydrogens (tertiary/aromatic N) is 1. The second-order valence-corrected chi connectivity index (χ2v) is 3.46. The standard InChI is InChI=1S/C11H12ClNO2/c1-8-6-10(11(12)13-7-8)4-3-5-15-9(2)14/h3-4,6-7H,5H2,1-2H3/b4-3-. The lowest BCUT2D eigenvalue weighted by Gasteiger charge is -1.99. The summed E-state index contributed by atoms with van der Waals surface area (Å²) in [6.07, 6.45) is 5.21. The number of aromatic nitrogens is 1. The van der Waals surface area contributed by atoms with Gasteiger partial charge in [-0.15, -0.1) is 0 Å². The van der Waals surface area contributed by atoms with Crippen LogP contribution in [0.2, 0.25) is 5.15 Å². The quantitative estimate of drug-likeness (QED) is 0.586. The number of ether oxygens (including phenoxy) is 1. The minimum atomic E-state index is -0.298. The molecule has 0 aliphatic carbocycles. The molecule has 0 aliphatic heterocycles. The lowest BCUT2D eigenvalue weighted by Crippen LogP contribution is -1.97. The second kappa shape index (κ2) is 5.51. The topological polar surface area (TPSA) is 39.2 Å². The maximum Gasteiger partial charge on any atom is 0.302 e. The Hall–Kier alpha value is -1.35. The van der Waals surface area contributed by atoms with Crippen LogP contribution in [0.3, 0.4) is 0 Å². The summed E-state index contributed by atoms with van der Waals surface area (Å²) in [5.41, 5.74) is 1.86. The lowest BCUT2D eigenvalue weighted by atomic mass is 10.2. The molecule has 1 heterocycles. The first-order valence-electron chi connectivity index (χ1n) is 4.51. The largest absolute Gasteiger partial charge is 0.462 e. The summed E-state index contributed by atoms with van der Waals surface area (Å²) in [7, 11) is 0. The van der Waals surface area contributed by atoms with Crippen molar-refractivity contribution in [3.63, 3.8) is 0 Å². The van der Waals surface area contributed by atoms with Crippen LogP contribution in [0.15, 0.2) is 18.3 Å². The Morgan fingerprint density at radius 3 is 3.07 bits per heavy atom. The lowest BCUT2D eigenvalue weighted by molar-refractivity contribution is -0.139. The van der Waals surface area contributed by atoms with E-state index < -0.39 is 0 Å². The molecule has 1 rings (SSSR count). The van der Waals surface area contributed by atoms with E-state index in [-0.39, 0.29) is 12.6 Å². The molecule has 80 valence electrons. The molecule has 0 saturated carbocycles. The molecular formula is C11H12ClNO2. The summed E-state index contributed by atoms with van der Waals surface area (Å²) in [4.78, 5) is 14.5. The molecule has 15 heavy (non-hydrogen) atoms. The smallest absolute Gasteiger partial charge is 0.302 e. The second-order valence-electron chi connectivity index (χ2n) is 3.10. The Labute approximate surface area is 93.7 Å². The molecule has 0 spiro atoms. The van der Waals surface area contributed by atoms with Crippen LogP contribution in [-0.4, -0.2) is 17.6 Å². The summed E-state index contributed by atoms with van der Waals surface area (Å²) in [5.74, 6) is -0.298. The van der Waals surface area contributed by atoms with Gasteiger partial charge in [0.2, 0.25) is 0 Å². The minimum Gasteiger partial charge on any atom is -0.462 e. The minimum absolute atomic E-state index is 0.250. The van der Waals surface area contributed by atoms with E-state index in [1.807, 2.05) is 13.0 Å². The summed E-state index contributed by atoms with van der Waals surface area (Å²) >= 11 is 5.87. The first kappa shape index (κ1) is 11.7. The van der Waals surface area contributed by atoms with E-state index in [9.17, 15) is 4.79 Å². The average molecular weight is 226 g/mol. The monoisotopic (exact) mass is 225 g/mol. The van der Waals surface area contributed by atoms with Crippen LogP contribution in [0.4, 0.5) is 0 Å². The predicted molar refractivity (Wildman–Crippen MR) is 59.7 cm³/mol. The van der Waals surface area contributed by atoms with Crippen LogP contribution < -0.4 is 0 Å². The van der Waals surface area contributed by atoms with Gasteiger partial charge < -0.3 is 4.74 Å². The van der Waals surface area contributed by atoms with Gasteiger partial charge in [-0.05, 0) is 24.6 Å². The number of hydrogen-bond acceptors (Lipinski definition) is 3. The Kier molecular flexibility index (Phi) is 4.31. The van der Waals surface area contributed by atoms with Gasteiger partial charge in [0.1, 0.15) is 11.8 Å². The molecule has 0 radical (unpaired) electrons. The van der Waals surface area contributed by atoms with Crippen molar-refractivity contribution in [3.8, 4) is 0 Å². The molecule has 4 heteroatoms. The van der Waals surface area contributed by atoms with E-state index in [1.54, 1.807) is 18.3 Å². The van der Waals surface area contributed by atoms with E-state index >= 15 is 0 Å². The molecule has 0 bridgehead atoms. The molecule has 1 aromatic heterocycles. The fraction of sp³-hybridized carbons (Fsp3) is 0.273. The maximum absolute atomic E-state index is 10.5. The third-order valence-corrected chi connectivity index (χ3v) is 2.00.